The minimum Gasteiger partial charge on any atom is -0.491 e. The summed E-state index contributed by atoms with van der Waals surface area (Å²) in [6.07, 6.45) is 1.62. The Labute approximate surface area is 167 Å². The van der Waals surface area contributed by atoms with E-state index < -0.39 is 6.10 Å². The fourth-order valence-electron chi connectivity index (χ4n) is 3.22. The molecule has 1 atom stereocenters. The molecule has 0 radical (unpaired) electrons. The molecular formula is C22H29ClN2O2. The van der Waals surface area contributed by atoms with Crippen LogP contribution < -0.4 is 4.74 Å². The van der Waals surface area contributed by atoms with E-state index in [9.17, 15) is 5.11 Å². The molecule has 0 amide bonds. The number of benzene rings is 2. The van der Waals surface area contributed by atoms with Crippen LogP contribution in [-0.4, -0.2) is 27.4 Å². The first-order valence-electron chi connectivity index (χ1n) is 9.43. The second-order valence-corrected chi connectivity index (χ2v) is 7.08. The summed E-state index contributed by atoms with van der Waals surface area (Å²) in [4.78, 5) is 4.72. The van der Waals surface area contributed by atoms with E-state index in [4.69, 9.17) is 9.72 Å². The molecule has 0 aliphatic rings. The SMILES string of the molecule is CCCc1ccc(OCC(O)Cn2c(C(C)C)nc3ccccc32)cc1.Cl. The lowest BCUT2D eigenvalue weighted by Crippen LogP contribution is -2.24. The Morgan fingerprint density at radius 3 is 2.44 bits per heavy atom. The number of rotatable bonds is 8. The average molecular weight is 389 g/mol. The fraction of sp³-hybridized carbons (Fsp3) is 0.409. The van der Waals surface area contributed by atoms with Gasteiger partial charge in [-0.2, -0.15) is 0 Å². The number of aliphatic hydroxyl groups excluding tert-OH is 1. The predicted octanol–water partition coefficient (Wildman–Crippen LogP) is 4.97. The Hall–Kier alpha value is -2.04. The van der Waals surface area contributed by atoms with Gasteiger partial charge >= 0.3 is 0 Å². The summed E-state index contributed by atoms with van der Waals surface area (Å²) in [5.41, 5.74) is 3.34. The molecule has 3 rings (SSSR count). The quantitative estimate of drug-likeness (QED) is 0.592. The Morgan fingerprint density at radius 2 is 1.78 bits per heavy atom. The summed E-state index contributed by atoms with van der Waals surface area (Å²) in [6.45, 7) is 7.15. The normalized spacial score (nSPS) is 12.2. The van der Waals surface area contributed by atoms with Crippen molar-refractivity contribution in [2.75, 3.05) is 6.61 Å². The third kappa shape index (κ3) is 5.24. The van der Waals surface area contributed by atoms with Crippen LogP contribution in [0.3, 0.4) is 0 Å². The van der Waals surface area contributed by atoms with E-state index in [1.807, 2.05) is 36.4 Å². The lowest BCUT2D eigenvalue weighted by molar-refractivity contribution is 0.0925. The van der Waals surface area contributed by atoms with Crippen LogP contribution in [0.2, 0.25) is 0 Å². The Morgan fingerprint density at radius 1 is 1.07 bits per heavy atom. The van der Waals surface area contributed by atoms with Gasteiger partial charge in [0.25, 0.3) is 0 Å². The Kier molecular flexibility index (Phi) is 7.69. The molecular weight excluding hydrogens is 360 g/mol. The molecule has 27 heavy (non-hydrogen) atoms. The number of hydrogen-bond donors (Lipinski definition) is 1. The van der Waals surface area contributed by atoms with E-state index in [2.05, 4.69) is 37.5 Å². The van der Waals surface area contributed by atoms with E-state index in [-0.39, 0.29) is 19.0 Å². The van der Waals surface area contributed by atoms with Gasteiger partial charge in [-0.05, 0) is 36.2 Å². The number of halogens is 1. The molecule has 1 N–H and O–H groups in total. The summed E-state index contributed by atoms with van der Waals surface area (Å²) in [5, 5.41) is 10.5. The molecule has 0 saturated heterocycles. The second kappa shape index (κ2) is 9.77. The van der Waals surface area contributed by atoms with Crippen LogP contribution in [0.4, 0.5) is 0 Å². The second-order valence-electron chi connectivity index (χ2n) is 7.08. The largest absolute Gasteiger partial charge is 0.491 e. The number of ether oxygens (including phenoxy) is 1. The predicted molar refractivity (Wildman–Crippen MR) is 113 cm³/mol. The topological polar surface area (TPSA) is 47.3 Å². The number of aliphatic hydroxyl groups is 1. The first-order chi connectivity index (χ1) is 12.6. The van der Waals surface area contributed by atoms with Crippen LogP contribution in [0.15, 0.2) is 48.5 Å². The highest BCUT2D eigenvalue weighted by Crippen LogP contribution is 2.22. The van der Waals surface area contributed by atoms with Crippen LogP contribution in [0.5, 0.6) is 5.75 Å². The molecule has 0 fully saturated rings. The first-order valence-corrected chi connectivity index (χ1v) is 9.43. The maximum absolute atomic E-state index is 10.5. The van der Waals surface area contributed by atoms with E-state index in [0.717, 1.165) is 35.4 Å². The van der Waals surface area contributed by atoms with Crippen molar-refractivity contribution >= 4 is 23.4 Å². The molecule has 0 saturated carbocycles. The van der Waals surface area contributed by atoms with Gasteiger partial charge in [0.05, 0.1) is 17.6 Å². The molecule has 3 aromatic rings. The zero-order valence-corrected chi connectivity index (χ0v) is 17.1. The number of aromatic nitrogens is 2. The average Bonchev–Trinajstić information content (AvgIpc) is 3.00. The van der Waals surface area contributed by atoms with Crippen LogP contribution in [0.1, 0.15) is 44.5 Å². The van der Waals surface area contributed by atoms with Crippen molar-refractivity contribution in [3.05, 3.63) is 59.9 Å². The summed E-state index contributed by atoms with van der Waals surface area (Å²) < 4.78 is 7.89. The van der Waals surface area contributed by atoms with Crippen LogP contribution in [-0.2, 0) is 13.0 Å². The standard InChI is InChI=1S/C22H28N2O2.ClH/c1-4-7-17-10-12-19(13-11-17)26-15-18(25)14-24-21-9-6-5-8-20(21)23-22(24)16(2)3;/h5-6,8-13,16,18,25H,4,7,14-15H2,1-3H3;1H. The number of hydrogen-bond acceptors (Lipinski definition) is 3. The van der Waals surface area contributed by atoms with Gasteiger partial charge in [0.1, 0.15) is 24.3 Å². The van der Waals surface area contributed by atoms with Crippen molar-refractivity contribution < 1.29 is 9.84 Å². The lowest BCUT2D eigenvalue weighted by Gasteiger charge is -2.17. The van der Waals surface area contributed by atoms with Crippen LogP contribution >= 0.6 is 12.4 Å². The zero-order chi connectivity index (χ0) is 18.5. The summed E-state index contributed by atoms with van der Waals surface area (Å²) in [5.74, 6) is 2.08. The van der Waals surface area contributed by atoms with Gasteiger partial charge in [0.2, 0.25) is 0 Å². The van der Waals surface area contributed by atoms with Crippen molar-refractivity contribution in [2.24, 2.45) is 0 Å². The third-order valence-corrected chi connectivity index (χ3v) is 4.50. The highest BCUT2D eigenvalue weighted by molar-refractivity contribution is 5.85. The molecule has 1 aromatic heterocycles. The number of aryl methyl sites for hydroxylation is 1. The van der Waals surface area contributed by atoms with Gasteiger partial charge in [0, 0.05) is 5.92 Å². The van der Waals surface area contributed by atoms with Crippen LogP contribution in [0.25, 0.3) is 11.0 Å². The van der Waals surface area contributed by atoms with Crippen molar-refractivity contribution in [1.29, 1.82) is 0 Å². The van der Waals surface area contributed by atoms with E-state index in [0.29, 0.717) is 12.5 Å². The van der Waals surface area contributed by atoms with Gasteiger partial charge in [-0.3, -0.25) is 0 Å². The minimum absolute atomic E-state index is 0. The van der Waals surface area contributed by atoms with Gasteiger partial charge in [-0.1, -0.05) is 51.5 Å². The maximum atomic E-state index is 10.5. The van der Waals surface area contributed by atoms with Crippen molar-refractivity contribution in [1.82, 2.24) is 9.55 Å². The molecule has 1 unspecified atom stereocenters. The molecule has 146 valence electrons. The summed E-state index contributed by atoms with van der Waals surface area (Å²) in [7, 11) is 0. The molecule has 0 aliphatic carbocycles. The molecule has 1 heterocycles. The van der Waals surface area contributed by atoms with Gasteiger partial charge in [-0.25, -0.2) is 4.98 Å². The summed E-state index contributed by atoms with van der Waals surface area (Å²) >= 11 is 0. The zero-order valence-electron chi connectivity index (χ0n) is 16.3. The fourth-order valence-corrected chi connectivity index (χ4v) is 3.22. The Bertz CT molecular complexity index is 843. The smallest absolute Gasteiger partial charge is 0.119 e. The number of imidazole rings is 1. The molecule has 0 bridgehead atoms. The van der Waals surface area contributed by atoms with Crippen molar-refractivity contribution in [3.63, 3.8) is 0 Å². The molecule has 5 heteroatoms. The molecule has 0 aliphatic heterocycles. The number of nitrogens with zero attached hydrogens (tertiary/aromatic N) is 2. The number of fused-ring (bicyclic) bond motifs is 1. The van der Waals surface area contributed by atoms with E-state index in [1.165, 1.54) is 5.56 Å². The van der Waals surface area contributed by atoms with Crippen molar-refractivity contribution in [3.8, 4) is 5.75 Å². The first kappa shape index (κ1) is 21.3. The van der Waals surface area contributed by atoms with Gasteiger partial charge < -0.3 is 14.4 Å². The van der Waals surface area contributed by atoms with E-state index in [1.54, 1.807) is 0 Å². The van der Waals surface area contributed by atoms with Crippen molar-refractivity contribution in [2.45, 2.75) is 52.2 Å². The lowest BCUT2D eigenvalue weighted by atomic mass is 10.1. The number of para-hydroxylation sites is 2. The highest BCUT2D eigenvalue weighted by Gasteiger charge is 2.16. The highest BCUT2D eigenvalue weighted by atomic mass is 35.5. The summed E-state index contributed by atoms with van der Waals surface area (Å²) in [6, 6.07) is 16.2. The molecule has 4 nitrogen and oxygen atoms in total. The van der Waals surface area contributed by atoms with Gasteiger partial charge in [-0.15, -0.1) is 12.4 Å². The van der Waals surface area contributed by atoms with E-state index >= 15 is 0 Å². The monoisotopic (exact) mass is 388 g/mol. The van der Waals surface area contributed by atoms with Gasteiger partial charge in [0.15, 0.2) is 0 Å². The molecule has 0 spiro atoms. The third-order valence-electron chi connectivity index (χ3n) is 4.50. The Balaban J connectivity index is 0.00000261. The molecule has 2 aromatic carbocycles. The van der Waals surface area contributed by atoms with Crippen LogP contribution in [0, 0.1) is 0 Å². The minimum atomic E-state index is -0.597. The maximum Gasteiger partial charge on any atom is 0.119 e.